The zero-order valence-corrected chi connectivity index (χ0v) is 18.7. The lowest BCUT2D eigenvalue weighted by Crippen LogP contribution is -2.41. The van der Waals surface area contributed by atoms with E-state index in [-0.39, 0.29) is 18.3 Å². The molecule has 1 saturated heterocycles. The van der Waals surface area contributed by atoms with Gasteiger partial charge in [0.1, 0.15) is 0 Å². The van der Waals surface area contributed by atoms with E-state index in [1.165, 1.54) is 0 Å². The standard InChI is InChI=1S/C26H27N3O4/c1-18-13-25(31)29(27-26(18)21-5-3-2-4-6-21)16-19-9-11-28(12-10-19)24(30)15-20-7-8-22-23(14-20)33-17-32-22/h2-8,13-14,19H,9-12,15-17H2,1H3. The van der Waals surface area contributed by atoms with E-state index >= 15 is 0 Å². The van der Waals surface area contributed by atoms with Gasteiger partial charge in [0.15, 0.2) is 11.5 Å². The first-order valence-corrected chi connectivity index (χ1v) is 11.4. The highest BCUT2D eigenvalue weighted by molar-refractivity contribution is 5.79. The first-order chi connectivity index (χ1) is 16.1. The fourth-order valence-electron chi connectivity index (χ4n) is 4.54. The van der Waals surface area contributed by atoms with Crippen LogP contribution in [0.15, 0.2) is 59.4 Å². The van der Waals surface area contributed by atoms with Crippen LogP contribution in [0.25, 0.3) is 11.3 Å². The van der Waals surface area contributed by atoms with Crippen LogP contribution in [0, 0.1) is 12.8 Å². The number of rotatable bonds is 5. The van der Waals surface area contributed by atoms with E-state index in [0.717, 1.165) is 41.0 Å². The number of likely N-dealkylation sites (tertiary alicyclic amines) is 1. The van der Waals surface area contributed by atoms with Crippen LogP contribution >= 0.6 is 0 Å². The van der Waals surface area contributed by atoms with Gasteiger partial charge in [0.25, 0.3) is 5.56 Å². The van der Waals surface area contributed by atoms with E-state index in [0.29, 0.717) is 37.7 Å². The molecule has 0 aliphatic carbocycles. The Hall–Kier alpha value is -3.61. The molecule has 0 saturated carbocycles. The molecule has 0 spiro atoms. The molecule has 170 valence electrons. The van der Waals surface area contributed by atoms with Crippen LogP contribution in [0.3, 0.4) is 0 Å². The molecule has 0 unspecified atom stereocenters. The molecule has 3 heterocycles. The van der Waals surface area contributed by atoms with E-state index in [2.05, 4.69) is 5.10 Å². The fourth-order valence-corrected chi connectivity index (χ4v) is 4.54. The van der Waals surface area contributed by atoms with Crippen molar-refractivity contribution in [3.05, 3.63) is 76.1 Å². The number of piperidine rings is 1. The van der Waals surface area contributed by atoms with Crippen molar-refractivity contribution in [2.75, 3.05) is 19.9 Å². The summed E-state index contributed by atoms with van der Waals surface area (Å²) in [4.78, 5) is 27.3. The Labute approximate surface area is 192 Å². The minimum Gasteiger partial charge on any atom is -0.454 e. The zero-order valence-electron chi connectivity index (χ0n) is 18.7. The molecule has 0 N–H and O–H groups in total. The normalized spacial score (nSPS) is 15.6. The molecule has 0 atom stereocenters. The highest BCUT2D eigenvalue weighted by atomic mass is 16.7. The maximum Gasteiger partial charge on any atom is 0.267 e. The third-order valence-electron chi connectivity index (χ3n) is 6.43. The third-order valence-corrected chi connectivity index (χ3v) is 6.43. The molecule has 7 nitrogen and oxygen atoms in total. The number of benzene rings is 2. The lowest BCUT2D eigenvalue weighted by molar-refractivity contribution is -0.131. The van der Waals surface area contributed by atoms with Crippen molar-refractivity contribution in [3.63, 3.8) is 0 Å². The molecule has 7 heteroatoms. The van der Waals surface area contributed by atoms with Gasteiger partial charge in [0.05, 0.1) is 12.1 Å². The predicted octanol–water partition coefficient (Wildman–Crippen LogP) is 3.43. The number of carbonyl (C=O) groups is 1. The number of hydrogen-bond acceptors (Lipinski definition) is 5. The van der Waals surface area contributed by atoms with Crippen molar-refractivity contribution in [2.24, 2.45) is 5.92 Å². The molecule has 1 amide bonds. The van der Waals surface area contributed by atoms with Gasteiger partial charge in [0, 0.05) is 31.3 Å². The fraction of sp³-hybridized carbons (Fsp3) is 0.346. The van der Waals surface area contributed by atoms with E-state index in [4.69, 9.17) is 9.47 Å². The zero-order chi connectivity index (χ0) is 22.8. The summed E-state index contributed by atoms with van der Waals surface area (Å²) in [6, 6.07) is 17.3. The molecule has 3 aromatic rings. The molecule has 0 radical (unpaired) electrons. The average molecular weight is 446 g/mol. The Kier molecular flexibility index (Phi) is 5.86. The summed E-state index contributed by atoms with van der Waals surface area (Å²) >= 11 is 0. The highest BCUT2D eigenvalue weighted by Gasteiger charge is 2.24. The lowest BCUT2D eigenvalue weighted by atomic mass is 9.96. The number of hydrogen-bond donors (Lipinski definition) is 0. The Balaban J connectivity index is 1.20. The van der Waals surface area contributed by atoms with Gasteiger partial charge in [-0.15, -0.1) is 0 Å². The van der Waals surface area contributed by atoms with Gasteiger partial charge in [-0.05, 0) is 48.9 Å². The van der Waals surface area contributed by atoms with Gasteiger partial charge in [-0.2, -0.15) is 5.10 Å². The van der Waals surface area contributed by atoms with Crippen LogP contribution in [0.1, 0.15) is 24.0 Å². The number of aromatic nitrogens is 2. The van der Waals surface area contributed by atoms with Crippen LogP contribution in [-0.2, 0) is 17.8 Å². The van der Waals surface area contributed by atoms with Gasteiger partial charge >= 0.3 is 0 Å². The summed E-state index contributed by atoms with van der Waals surface area (Å²) in [7, 11) is 0. The highest BCUT2D eigenvalue weighted by Crippen LogP contribution is 2.33. The van der Waals surface area contributed by atoms with E-state index in [9.17, 15) is 9.59 Å². The van der Waals surface area contributed by atoms with Gasteiger partial charge in [-0.25, -0.2) is 4.68 Å². The topological polar surface area (TPSA) is 73.7 Å². The van der Waals surface area contributed by atoms with Crippen LogP contribution in [0.5, 0.6) is 11.5 Å². The number of fused-ring (bicyclic) bond motifs is 1. The van der Waals surface area contributed by atoms with Crippen LogP contribution in [-0.4, -0.2) is 40.5 Å². The van der Waals surface area contributed by atoms with Gasteiger partial charge in [-0.3, -0.25) is 9.59 Å². The lowest BCUT2D eigenvalue weighted by Gasteiger charge is -2.32. The minimum atomic E-state index is -0.0755. The number of nitrogens with zero attached hydrogens (tertiary/aromatic N) is 3. The predicted molar refractivity (Wildman–Crippen MR) is 124 cm³/mol. The second kappa shape index (κ2) is 9.10. The first kappa shape index (κ1) is 21.2. The van der Waals surface area contributed by atoms with Crippen LogP contribution < -0.4 is 15.0 Å². The minimum absolute atomic E-state index is 0.0755. The second-order valence-corrected chi connectivity index (χ2v) is 8.75. The van der Waals surface area contributed by atoms with E-state index < -0.39 is 0 Å². The quantitative estimate of drug-likeness (QED) is 0.602. The van der Waals surface area contributed by atoms with Crippen molar-refractivity contribution in [1.82, 2.24) is 14.7 Å². The molecule has 5 rings (SSSR count). The number of aryl methyl sites for hydroxylation is 1. The Morgan fingerprint density at radius 3 is 2.58 bits per heavy atom. The molecule has 2 aliphatic heterocycles. The third kappa shape index (κ3) is 4.62. The summed E-state index contributed by atoms with van der Waals surface area (Å²) in [5, 5.41) is 4.68. The van der Waals surface area contributed by atoms with Gasteiger partial charge in [-0.1, -0.05) is 36.4 Å². The average Bonchev–Trinajstić information content (AvgIpc) is 3.30. The molecule has 33 heavy (non-hydrogen) atoms. The molecular weight excluding hydrogens is 418 g/mol. The first-order valence-electron chi connectivity index (χ1n) is 11.4. The van der Waals surface area contributed by atoms with Crippen LogP contribution in [0.4, 0.5) is 0 Å². The largest absolute Gasteiger partial charge is 0.454 e. The maximum absolute atomic E-state index is 12.8. The van der Waals surface area contributed by atoms with Crippen molar-refractivity contribution in [2.45, 2.75) is 32.7 Å². The van der Waals surface area contributed by atoms with E-state index in [1.807, 2.05) is 60.4 Å². The molecule has 0 bridgehead atoms. The SMILES string of the molecule is Cc1cc(=O)n(CC2CCN(C(=O)Cc3ccc4c(c3)OCO4)CC2)nc1-c1ccccc1. The van der Waals surface area contributed by atoms with Gasteiger partial charge < -0.3 is 14.4 Å². The summed E-state index contributed by atoms with van der Waals surface area (Å²) in [5.41, 5.74) is 3.58. The number of ether oxygens (including phenoxy) is 2. The Morgan fingerprint density at radius 2 is 1.79 bits per heavy atom. The second-order valence-electron chi connectivity index (χ2n) is 8.75. The van der Waals surface area contributed by atoms with Crippen molar-refractivity contribution >= 4 is 5.91 Å². The van der Waals surface area contributed by atoms with E-state index in [1.54, 1.807) is 10.7 Å². The molecule has 1 aromatic heterocycles. The molecular formula is C26H27N3O4. The summed E-state index contributed by atoms with van der Waals surface area (Å²) in [6.07, 6.45) is 2.06. The smallest absolute Gasteiger partial charge is 0.267 e. The number of carbonyl (C=O) groups excluding carboxylic acids is 1. The van der Waals surface area contributed by atoms with Crippen molar-refractivity contribution in [3.8, 4) is 22.8 Å². The molecule has 1 fully saturated rings. The van der Waals surface area contributed by atoms with Crippen molar-refractivity contribution < 1.29 is 14.3 Å². The summed E-state index contributed by atoms with van der Waals surface area (Å²) in [5.74, 6) is 1.85. The van der Waals surface area contributed by atoms with Gasteiger partial charge in [0.2, 0.25) is 12.7 Å². The Morgan fingerprint density at radius 1 is 1.03 bits per heavy atom. The molecule has 2 aliphatic rings. The van der Waals surface area contributed by atoms with Crippen LogP contribution in [0.2, 0.25) is 0 Å². The monoisotopic (exact) mass is 445 g/mol. The Bertz CT molecular complexity index is 1210. The molecule has 2 aromatic carbocycles. The summed E-state index contributed by atoms with van der Waals surface area (Å²) < 4.78 is 12.3. The van der Waals surface area contributed by atoms with Crippen molar-refractivity contribution in [1.29, 1.82) is 0 Å². The maximum atomic E-state index is 12.8. The number of amides is 1. The summed E-state index contributed by atoms with van der Waals surface area (Å²) in [6.45, 7) is 4.11.